The van der Waals surface area contributed by atoms with Gasteiger partial charge in [-0.05, 0) is 49.7 Å². The minimum atomic E-state index is -1.74. The first kappa shape index (κ1) is 19.7. The van der Waals surface area contributed by atoms with Crippen LogP contribution in [0.25, 0.3) is 0 Å². The highest BCUT2D eigenvalue weighted by Crippen LogP contribution is 2.31. The summed E-state index contributed by atoms with van der Waals surface area (Å²) >= 11 is 18.1. The standard InChI is InChI=1S/C18H19Cl3N2O2/c1-3-25-14-10-8-13(9-11-14)22-17(18(19,20)21)23-16(24)15-7-5-4-6-12(15)2/h4-11,17,22H,3H2,1-2H3,(H,23,24)/t17-/m0/s1. The quantitative estimate of drug-likeness (QED) is 0.533. The summed E-state index contributed by atoms with van der Waals surface area (Å²) in [5.41, 5.74) is 2.05. The summed E-state index contributed by atoms with van der Waals surface area (Å²) < 4.78 is 3.65. The smallest absolute Gasteiger partial charge is 0.253 e. The number of alkyl halides is 3. The molecule has 0 aromatic heterocycles. The van der Waals surface area contributed by atoms with Crippen molar-refractivity contribution >= 4 is 46.4 Å². The maximum absolute atomic E-state index is 12.5. The maximum Gasteiger partial charge on any atom is 0.253 e. The van der Waals surface area contributed by atoms with E-state index in [0.717, 1.165) is 11.3 Å². The van der Waals surface area contributed by atoms with Crippen LogP contribution in [0.15, 0.2) is 48.5 Å². The van der Waals surface area contributed by atoms with E-state index in [-0.39, 0.29) is 5.91 Å². The summed E-state index contributed by atoms with van der Waals surface area (Å²) in [5.74, 6) is 0.412. The van der Waals surface area contributed by atoms with Gasteiger partial charge < -0.3 is 15.4 Å². The van der Waals surface area contributed by atoms with E-state index in [4.69, 9.17) is 39.5 Å². The van der Waals surface area contributed by atoms with Crippen LogP contribution in [0.1, 0.15) is 22.8 Å². The zero-order valence-corrected chi connectivity index (χ0v) is 16.1. The van der Waals surface area contributed by atoms with Gasteiger partial charge in [0.1, 0.15) is 11.9 Å². The van der Waals surface area contributed by atoms with Gasteiger partial charge in [0, 0.05) is 11.3 Å². The zero-order chi connectivity index (χ0) is 18.4. The lowest BCUT2D eigenvalue weighted by atomic mass is 10.1. The molecule has 0 fully saturated rings. The molecule has 0 heterocycles. The van der Waals surface area contributed by atoms with Crippen molar-refractivity contribution in [3.8, 4) is 5.75 Å². The molecule has 25 heavy (non-hydrogen) atoms. The molecule has 2 rings (SSSR count). The van der Waals surface area contributed by atoms with Crippen molar-refractivity contribution in [2.75, 3.05) is 11.9 Å². The van der Waals surface area contributed by atoms with E-state index >= 15 is 0 Å². The first-order chi connectivity index (χ1) is 11.8. The SMILES string of the molecule is CCOc1ccc(N[C@@H](NC(=O)c2ccccc2C)C(Cl)(Cl)Cl)cc1. The minimum absolute atomic E-state index is 0.326. The third-order valence-corrected chi connectivity index (χ3v) is 4.12. The number of aryl methyl sites for hydroxylation is 1. The van der Waals surface area contributed by atoms with Gasteiger partial charge in [0.05, 0.1) is 6.61 Å². The van der Waals surface area contributed by atoms with Crippen LogP contribution in [-0.2, 0) is 0 Å². The molecule has 0 radical (unpaired) electrons. The number of halogens is 3. The van der Waals surface area contributed by atoms with E-state index in [1.54, 1.807) is 36.4 Å². The minimum Gasteiger partial charge on any atom is -0.494 e. The van der Waals surface area contributed by atoms with Gasteiger partial charge in [0.15, 0.2) is 0 Å². The van der Waals surface area contributed by atoms with Crippen molar-refractivity contribution in [2.45, 2.75) is 23.8 Å². The molecule has 4 nitrogen and oxygen atoms in total. The molecule has 2 N–H and O–H groups in total. The van der Waals surface area contributed by atoms with Crippen LogP contribution >= 0.6 is 34.8 Å². The van der Waals surface area contributed by atoms with Gasteiger partial charge in [0.2, 0.25) is 3.79 Å². The van der Waals surface area contributed by atoms with Crippen molar-refractivity contribution in [1.29, 1.82) is 0 Å². The summed E-state index contributed by atoms with van der Waals surface area (Å²) in [6.45, 7) is 4.33. The lowest BCUT2D eigenvalue weighted by Crippen LogP contribution is -2.49. The Morgan fingerprint density at radius 3 is 2.32 bits per heavy atom. The largest absolute Gasteiger partial charge is 0.494 e. The van der Waals surface area contributed by atoms with E-state index in [1.807, 2.05) is 26.0 Å². The van der Waals surface area contributed by atoms with Crippen LogP contribution in [-0.4, -0.2) is 22.5 Å². The molecule has 0 aliphatic rings. The van der Waals surface area contributed by atoms with Gasteiger partial charge in [-0.3, -0.25) is 4.79 Å². The number of ether oxygens (including phenoxy) is 1. The predicted octanol–water partition coefficient (Wildman–Crippen LogP) is 4.93. The van der Waals surface area contributed by atoms with Crippen LogP contribution in [0, 0.1) is 6.92 Å². The topological polar surface area (TPSA) is 50.4 Å². The molecule has 0 bridgehead atoms. The van der Waals surface area contributed by atoms with Crippen molar-refractivity contribution in [1.82, 2.24) is 5.32 Å². The lowest BCUT2D eigenvalue weighted by molar-refractivity contribution is 0.0941. The van der Waals surface area contributed by atoms with Gasteiger partial charge in [-0.25, -0.2) is 0 Å². The summed E-state index contributed by atoms with van der Waals surface area (Å²) in [7, 11) is 0. The number of carbonyl (C=O) groups is 1. The van der Waals surface area contributed by atoms with Gasteiger partial charge in [0.25, 0.3) is 5.91 Å². The number of nitrogens with one attached hydrogen (secondary N) is 2. The Balaban J connectivity index is 2.14. The van der Waals surface area contributed by atoms with Crippen molar-refractivity contribution < 1.29 is 9.53 Å². The lowest BCUT2D eigenvalue weighted by Gasteiger charge is -2.27. The summed E-state index contributed by atoms with van der Waals surface area (Å²) in [6, 6.07) is 14.4. The van der Waals surface area contributed by atoms with Gasteiger partial charge >= 0.3 is 0 Å². The first-order valence-electron chi connectivity index (χ1n) is 7.74. The van der Waals surface area contributed by atoms with Crippen molar-refractivity contribution in [2.24, 2.45) is 0 Å². The van der Waals surface area contributed by atoms with Crippen molar-refractivity contribution in [3.05, 3.63) is 59.7 Å². The molecular weight excluding hydrogens is 383 g/mol. The Hall–Kier alpha value is -1.62. The molecule has 0 spiro atoms. The van der Waals surface area contributed by atoms with E-state index in [0.29, 0.717) is 17.9 Å². The van der Waals surface area contributed by atoms with E-state index in [2.05, 4.69) is 10.6 Å². The number of hydrogen-bond donors (Lipinski definition) is 2. The normalized spacial score (nSPS) is 12.4. The average Bonchev–Trinajstić information content (AvgIpc) is 2.55. The summed E-state index contributed by atoms with van der Waals surface area (Å²) in [4.78, 5) is 12.5. The molecule has 0 unspecified atom stereocenters. The highest BCUT2D eigenvalue weighted by Gasteiger charge is 2.34. The molecule has 0 aliphatic carbocycles. The molecule has 7 heteroatoms. The third kappa shape index (κ3) is 5.70. The fourth-order valence-corrected chi connectivity index (χ4v) is 2.54. The van der Waals surface area contributed by atoms with E-state index in [1.165, 1.54) is 0 Å². The predicted molar refractivity (Wildman–Crippen MR) is 104 cm³/mol. The van der Waals surface area contributed by atoms with Crippen LogP contribution in [0.5, 0.6) is 5.75 Å². The number of anilines is 1. The molecule has 134 valence electrons. The summed E-state index contributed by atoms with van der Waals surface area (Å²) in [6.07, 6.45) is -0.914. The highest BCUT2D eigenvalue weighted by molar-refractivity contribution is 6.68. The van der Waals surface area contributed by atoms with Crippen molar-refractivity contribution in [3.63, 3.8) is 0 Å². The highest BCUT2D eigenvalue weighted by atomic mass is 35.6. The van der Waals surface area contributed by atoms with Gasteiger partial charge in [-0.2, -0.15) is 0 Å². The van der Waals surface area contributed by atoms with Crippen LogP contribution in [0.4, 0.5) is 5.69 Å². The Labute approximate surface area is 162 Å². The number of amides is 1. The molecule has 0 aliphatic heterocycles. The molecule has 2 aromatic rings. The zero-order valence-electron chi connectivity index (χ0n) is 13.9. The number of hydrogen-bond acceptors (Lipinski definition) is 3. The maximum atomic E-state index is 12.5. The van der Waals surface area contributed by atoms with E-state index in [9.17, 15) is 4.79 Å². The molecule has 2 aromatic carbocycles. The second-order valence-electron chi connectivity index (χ2n) is 5.36. The fourth-order valence-electron chi connectivity index (χ4n) is 2.22. The second-order valence-corrected chi connectivity index (χ2v) is 7.73. The Bertz CT molecular complexity index is 715. The Morgan fingerprint density at radius 2 is 1.76 bits per heavy atom. The third-order valence-electron chi connectivity index (χ3n) is 3.47. The van der Waals surface area contributed by atoms with Gasteiger partial charge in [-0.1, -0.05) is 53.0 Å². The molecule has 0 saturated carbocycles. The van der Waals surface area contributed by atoms with Crippen LogP contribution in [0.3, 0.4) is 0 Å². The Kier molecular flexibility index (Phi) is 6.82. The molecule has 0 saturated heterocycles. The number of benzene rings is 2. The molecule has 1 amide bonds. The Morgan fingerprint density at radius 1 is 1.12 bits per heavy atom. The number of rotatable bonds is 6. The molecule has 1 atom stereocenters. The number of carbonyl (C=O) groups excluding carboxylic acids is 1. The second kappa shape index (κ2) is 8.65. The fraction of sp³-hybridized carbons (Fsp3) is 0.278. The van der Waals surface area contributed by atoms with E-state index < -0.39 is 9.96 Å². The van der Waals surface area contributed by atoms with Gasteiger partial charge in [-0.15, -0.1) is 0 Å². The van der Waals surface area contributed by atoms with Crippen LogP contribution < -0.4 is 15.4 Å². The first-order valence-corrected chi connectivity index (χ1v) is 8.87. The summed E-state index contributed by atoms with van der Waals surface area (Å²) in [5, 5.41) is 5.75. The van der Waals surface area contributed by atoms with Crippen LogP contribution in [0.2, 0.25) is 0 Å². The monoisotopic (exact) mass is 400 g/mol. The molecular formula is C18H19Cl3N2O2. The average molecular weight is 402 g/mol.